The smallest absolute Gasteiger partial charge is 0.319 e. The maximum atomic E-state index is 12.4. The second kappa shape index (κ2) is 8.75. The predicted octanol–water partition coefficient (Wildman–Crippen LogP) is 4.77. The first-order chi connectivity index (χ1) is 13.5. The van der Waals surface area contributed by atoms with Crippen molar-refractivity contribution >= 4 is 23.1 Å². The molecule has 0 atom stereocenters. The molecule has 0 saturated carbocycles. The van der Waals surface area contributed by atoms with Crippen LogP contribution in [-0.4, -0.2) is 25.2 Å². The zero-order chi connectivity index (χ0) is 20.1. The summed E-state index contributed by atoms with van der Waals surface area (Å²) in [4.78, 5) is 18.0. The standard InChI is InChI=1S/C21H23N3O3S/c1-13-7-5-6-8-16(13)20-23-14(2)19(28-20)12-22-21(25)24-17-11-15(26-3)9-10-18(17)27-4/h5-11H,12H2,1-4H3,(H2,22,24,25). The number of amides is 2. The van der Waals surface area contributed by atoms with Gasteiger partial charge >= 0.3 is 6.03 Å². The summed E-state index contributed by atoms with van der Waals surface area (Å²) in [5.41, 5.74) is 3.76. The van der Waals surface area contributed by atoms with E-state index in [1.54, 1.807) is 43.8 Å². The minimum absolute atomic E-state index is 0.322. The Balaban J connectivity index is 1.68. The van der Waals surface area contributed by atoms with E-state index in [1.165, 1.54) is 5.56 Å². The third-order valence-corrected chi connectivity index (χ3v) is 5.52. The number of methoxy groups -OCH3 is 2. The zero-order valence-electron chi connectivity index (χ0n) is 16.3. The molecule has 0 fully saturated rings. The van der Waals surface area contributed by atoms with E-state index in [4.69, 9.17) is 9.47 Å². The molecule has 0 bridgehead atoms. The molecule has 0 aliphatic carbocycles. The molecule has 0 aliphatic heterocycles. The number of urea groups is 1. The van der Waals surface area contributed by atoms with E-state index >= 15 is 0 Å². The normalized spacial score (nSPS) is 10.4. The molecule has 7 heteroatoms. The fraction of sp³-hybridized carbons (Fsp3) is 0.238. The van der Waals surface area contributed by atoms with Crippen LogP contribution >= 0.6 is 11.3 Å². The van der Waals surface area contributed by atoms with Crippen LogP contribution in [0.3, 0.4) is 0 Å². The minimum atomic E-state index is -0.322. The monoisotopic (exact) mass is 397 g/mol. The Labute approximate surface area is 168 Å². The van der Waals surface area contributed by atoms with Crippen molar-refractivity contribution in [3.63, 3.8) is 0 Å². The molecule has 2 aromatic carbocycles. The van der Waals surface area contributed by atoms with Gasteiger partial charge in [-0.3, -0.25) is 0 Å². The molecule has 1 aromatic heterocycles. The Hall–Kier alpha value is -3.06. The number of thiazole rings is 1. The van der Waals surface area contributed by atoms with Gasteiger partial charge in [0.15, 0.2) is 0 Å². The summed E-state index contributed by atoms with van der Waals surface area (Å²) in [6, 6.07) is 13.1. The highest BCUT2D eigenvalue weighted by atomic mass is 32.1. The third kappa shape index (κ3) is 4.43. The van der Waals surface area contributed by atoms with Gasteiger partial charge in [0.1, 0.15) is 16.5 Å². The van der Waals surface area contributed by atoms with Crippen LogP contribution in [0.15, 0.2) is 42.5 Å². The van der Waals surface area contributed by atoms with E-state index in [9.17, 15) is 4.79 Å². The predicted molar refractivity (Wildman–Crippen MR) is 112 cm³/mol. The molecule has 28 heavy (non-hydrogen) atoms. The second-order valence-corrected chi connectivity index (χ2v) is 7.30. The highest BCUT2D eigenvalue weighted by Crippen LogP contribution is 2.31. The number of rotatable bonds is 6. The SMILES string of the molecule is COc1ccc(OC)c(NC(=O)NCc2sc(-c3ccccc3C)nc2C)c1. The molecule has 1 heterocycles. The first-order valence-electron chi connectivity index (χ1n) is 8.81. The van der Waals surface area contributed by atoms with Crippen molar-refractivity contribution in [2.75, 3.05) is 19.5 Å². The molecule has 146 valence electrons. The van der Waals surface area contributed by atoms with Gasteiger partial charge in [-0.15, -0.1) is 11.3 Å². The van der Waals surface area contributed by atoms with Crippen LogP contribution < -0.4 is 20.1 Å². The van der Waals surface area contributed by atoms with Gasteiger partial charge in [-0.1, -0.05) is 24.3 Å². The molecule has 6 nitrogen and oxygen atoms in total. The van der Waals surface area contributed by atoms with Crippen molar-refractivity contribution in [2.45, 2.75) is 20.4 Å². The second-order valence-electron chi connectivity index (χ2n) is 6.22. The lowest BCUT2D eigenvalue weighted by atomic mass is 10.1. The lowest BCUT2D eigenvalue weighted by Gasteiger charge is -2.12. The highest BCUT2D eigenvalue weighted by molar-refractivity contribution is 7.15. The van der Waals surface area contributed by atoms with Crippen LogP contribution in [0, 0.1) is 13.8 Å². The van der Waals surface area contributed by atoms with Crippen molar-refractivity contribution in [1.29, 1.82) is 0 Å². The van der Waals surface area contributed by atoms with E-state index < -0.39 is 0 Å². The quantitative estimate of drug-likeness (QED) is 0.629. The Morgan fingerprint density at radius 3 is 2.61 bits per heavy atom. The van der Waals surface area contributed by atoms with Crippen LogP contribution in [-0.2, 0) is 6.54 Å². The number of nitrogens with one attached hydrogen (secondary N) is 2. The van der Waals surface area contributed by atoms with E-state index in [1.807, 2.05) is 19.1 Å². The molecule has 0 saturated heterocycles. The number of ether oxygens (including phenoxy) is 2. The topological polar surface area (TPSA) is 72.5 Å². The molecule has 0 unspecified atom stereocenters. The summed E-state index contributed by atoms with van der Waals surface area (Å²) in [6.45, 7) is 4.42. The molecule has 3 rings (SSSR count). The number of aromatic nitrogens is 1. The number of hydrogen-bond donors (Lipinski definition) is 2. The average Bonchev–Trinajstić information content (AvgIpc) is 3.07. The summed E-state index contributed by atoms with van der Waals surface area (Å²) in [5, 5.41) is 6.64. The van der Waals surface area contributed by atoms with E-state index in [0.717, 1.165) is 21.1 Å². The fourth-order valence-electron chi connectivity index (χ4n) is 2.76. The lowest BCUT2D eigenvalue weighted by molar-refractivity contribution is 0.251. The summed E-state index contributed by atoms with van der Waals surface area (Å²) in [5.74, 6) is 1.20. The van der Waals surface area contributed by atoms with Gasteiger partial charge in [-0.25, -0.2) is 9.78 Å². The van der Waals surface area contributed by atoms with Crippen molar-refractivity contribution in [2.24, 2.45) is 0 Å². The largest absolute Gasteiger partial charge is 0.497 e. The van der Waals surface area contributed by atoms with Gasteiger partial charge in [0.05, 0.1) is 32.1 Å². The van der Waals surface area contributed by atoms with Gasteiger partial charge in [0.2, 0.25) is 0 Å². The number of aryl methyl sites for hydroxylation is 2. The number of anilines is 1. The van der Waals surface area contributed by atoms with Gasteiger partial charge in [-0.05, 0) is 31.5 Å². The summed E-state index contributed by atoms with van der Waals surface area (Å²) in [6.07, 6.45) is 0. The molecule has 0 spiro atoms. The number of carbonyl (C=O) groups excluding carboxylic acids is 1. The molecule has 3 aromatic rings. The van der Waals surface area contributed by atoms with Gasteiger partial charge in [0, 0.05) is 16.5 Å². The summed E-state index contributed by atoms with van der Waals surface area (Å²) < 4.78 is 10.5. The number of benzene rings is 2. The van der Waals surface area contributed by atoms with E-state index in [2.05, 4.69) is 34.7 Å². The van der Waals surface area contributed by atoms with Crippen molar-refractivity contribution < 1.29 is 14.3 Å². The molecule has 0 aliphatic rings. The first kappa shape index (κ1) is 19.7. The Morgan fingerprint density at radius 1 is 1.11 bits per heavy atom. The zero-order valence-corrected chi connectivity index (χ0v) is 17.1. The van der Waals surface area contributed by atoms with Crippen LogP contribution in [0.5, 0.6) is 11.5 Å². The Kier molecular flexibility index (Phi) is 6.16. The first-order valence-corrected chi connectivity index (χ1v) is 9.62. The molecule has 2 amide bonds. The number of hydrogen-bond acceptors (Lipinski definition) is 5. The summed E-state index contributed by atoms with van der Waals surface area (Å²) in [7, 11) is 3.13. The lowest BCUT2D eigenvalue weighted by Crippen LogP contribution is -2.28. The van der Waals surface area contributed by atoms with E-state index in [-0.39, 0.29) is 6.03 Å². The fourth-order valence-corrected chi connectivity index (χ4v) is 3.85. The molecular formula is C21H23N3O3S. The Bertz CT molecular complexity index is 985. The number of carbonyl (C=O) groups is 1. The van der Waals surface area contributed by atoms with Crippen LogP contribution in [0.25, 0.3) is 10.6 Å². The average molecular weight is 398 g/mol. The maximum absolute atomic E-state index is 12.4. The Morgan fingerprint density at radius 2 is 1.89 bits per heavy atom. The molecular weight excluding hydrogens is 374 g/mol. The molecule has 0 radical (unpaired) electrons. The van der Waals surface area contributed by atoms with Crippen molar-refractivity contribution in [1.82, 2.24) is 10.3 Å². The summed E-state index contributed by atoms with van der Waals surface area (Å²) >= 11 is 1.59. The molecule has 2 N–H and O–H groups in total. The van der Waals surface area contributed by atoms with Gasteiger partial charge < -0.3 is 20.1 Å². The van der Waals surface area contributed by atoms with Gasteiger partial charge in [0.25, 0.3) is 0 Å². The number of nitrogens with zero attached hydrogens (tertiary/aromatic N) is 1. The highest BCUT2D eigenvalue weighted by Gasteiger charge is 2.13. The van der Waals surface area contributed by atoms with Crippen LogP contribution in [0.4, 0.5) is 10.5 Å². The third-order valence-electron chi connectivity index (χ3n) is 4.33. The van der Waals surface area contributed by atoms with Crippen molar-refractivity contribution in [3.05, 3.63) is 58.6 Å². The minimum Gasteiger partial charge on any atom is -0.497 e. The van der Waals surface area contributed by atoms with Crippen LogP contribution in [0.2, 0.25) is 0 Å². The van der Waals surface area contributed by atoms with E-state index in [0.29, 0.717) is 23.7 Å². The van der Waals surface area contributed by atoms with Crippen molar-refractivity contribution in [3.8, 4) is 22.1 Å². The van der Waals surface area contributed by atoms with Gasteiger partial charge in [-0.2, -0.15) is 0 Å². The maximum Gasteiger partial charge on any atom is 0.319 e. The van der Waals surface area contributed by atoms with Crippen LogP contribution in [0.1, 0.15) is 16.1 Å².